The van der Waals surface area contributed by atoms with Gasteiger partial charge in [-0.2, -0.15) is 4.72 Å². The van der Waals surface area contributed by atoms with Gasteiger partial charge in [0.25, 0.3) is 0 Å². The monoisotopic (exact) mass is 360 g/mol. The SMILES string of the molecule is CCOc1ccc(S(=O)(=O)N[C@H]2CCN(c3ccccc3)C2=O)cc1. The predicted molar refractivity (Wildman–Crippen MR) is 95.1 cm³/mol. The zero-order valence-corrected chi connectivity index (χ0v) is 14.7. The van der Waals surface area contributed by atoms with Crippen molar-refractivity contribution in [2.75, 3.05) is 18.1 Å². The van der Waals surface area contributed by atoms with E-state index >= 15 is 0 Å². The van der Waals surface area contributed by atoms with Gasteiger partial charge in [0.05, 0.1) is 11.5 Å². The summed E-state index contributed by atoms with van der Waals surface area (Å²) in [7, 11) is -3.77. The molecule has 7 heteroatoms. The van der Waals surface area contributed by atoms with E-state index in [9.17, 15) is 13.2 Å². The van der Waals surface area contributed by atoms with E-state index in [0.717, 1.165) is 5.69 Å². The normalized spacial score (nSPS) is 17.7. The molecule has 2 aromatic carbocycles. The van der Waals surface area contributed by atoms with Gasteiger partial charge in [-0.05, 0) is 49.7 Å². The third-order valence-corrected chi connectivity index (χ3v) is 5.50. The molecule has 25 heavy (non-hydrogen) atoms. The summed E-state index contributed by atoms with van der Waals surface area (Å²) in [5.74, 6) is 0.370. The van der Waals surface area contributed by atoms with Crippen LogP contribution < -0.4 is 14.4 Å². The van der Waals surface area contributed by atoms with E-state index in [-0.39, 0.29) is 10.8 Å². The summed E-state index contributed by atoms with van der Waals surface area (Å²) >= 11 is 0. The lowest BCUT2D eigenvalue weighted by atomic mass is 10.3. The van der Waals surface area contributed by atoms with Crippen LogP contribution in [-0.4, -0.2) is 33.5 Å². The number of nitrogens with one attached hydrogen (secondary N) is 1. The molecule has 2 aromatic rings. The highest BCUT2D eigenvalue weighted by Gasteiger charge is 2.35. The van der Waals surface area contributed by atoms with Crippen molar-refractivity contribution >= 4 is 21.6 Å². The number of nitrogens with zero attached hydrogens (tertiary/aromatic N) is 1. The number of ether oxygens (including phenoxy) is 1. The fraction of sp³-hybridized carbons (Fsp3) is 0.278. The number of carbonyl (C=O) groups is 1. The van der Waals surface area contributed by atoms with E-state index in [0.29, 0.717) is 25.3 Å². The molecule has 1 amide bonds. The smallest absolute Gasteiger partial charge is 0.245 e. The van der Waals surface area contributed by atoms with Gasteiger partial charge < -0.3 is 9.64 Å². The molecule has 0 saturated carbocycles. The third-order valence-electron chi connectivity index (χ3n) is 4.02. The molecule has 3 rings (SSSR count). The molecule has 1 heterocycles. The Morgan fingerprint density at radius 1 is 1.12 bits per heavy atom. The minimum Gasteiger partial charge on any atom is -0.494 e. The van der Waals surface area contributed by atoms with Gasteiger partial charge in [0, 0.05) is 12.2 Å². The largest absolute Gasteiger partial charge is 0.494 e. The van der Waals surface area contributed by atoms with Crippen molar-refractivity contribution in [2.24, 2.45) is 0 Å². The molecule has 1 atom stereocenters. The van der Waals surface area contributed by atoms with Crippen LogP contribution in [0.4, 0.5) is 5.69 Å². The number of rotatable bonds is 6. The standard InChI is InChI=1S/C18H20N2O4S/c1-2-24-15-8-10-16(11-9-15)25(22,23)19-17-12-13-20(18(17)21)14-6-4-3-5-7-14/h3-11,17,19H,2,12-13H2,1H3/t17-/m0/s1. The number of sulfonamides is 1. The molecule has 1 aliphatic heterocycles. The first kappa shape index (κ1) is 17.4. The Balaban J connectivity index is 1.72. The number of hydrogen-bond acceptors (Lipinski definition) is 4. The molecule has 0 bridgehead atoms. The van der Waals surface area contributed by atoms with Crippen molar-refractivity contribution < 1.29 is 17.9 Å². The van der Waals surface area contributed by atoms with E-state index < -0.39 is 16.1 Å². The maximum absolute atomic E-state index is 12.5. The Morgan fingerprint density at radius 3 is 2.44 bits per heavy atom. The van der Waals surface area contributed by atoms with E-state index in [2.05, 4.69) is 4.72 Å². The second-order valence-electron chi connectivity index (χ2n) is 5.69. The average molecular weight is 360 g/mol. The topological polar surface area (TPSA) is 75.7 Å². The number of para-hydroxylation sites is 1. The van der Waals surface area contributed by atoms with Gasteiger partial charge in [-0.3, -0.25) is 4.79 Å². The van der Waals surface area contributed by atoms with Crippen molar-refractivity contribution in [3.63, 3.8) is 0 Å². The van der Waals surface area contributed by atoms with Gasteiger partial charge in [-0.1, -0.05) is 18.2 Å². The van der Waals surface area contributed by atoms with Gasteiger partial charge in [0.15, 0.2) is 0 Å². The zero-order chi connectivity index (χ0) is 17.9. The van der Waals surface area contributed by atoms with Crippen LogP contribution in [0.1, 0.15) is 13.3 Å². The van der Waals surface area contributed by atoms with Gasteiger partial charge >= 0.3 is 0 Å². The van der Waals surface area contributed by atoms with Crippen molar-refractivity contribution in [3.05, 3.63) is 54.6 Å². The number of benzene rings is 2. The lowest BCUT2D eigenvalue weighted by Crippen LogP contribution is -2.41. The first-order valence-corrected chi connectivity index (χ1v) is 9.61. The summed E-state index contributed by atoms with van der Waals surface area (Å²) in [6, 6.07) is 14.6. The maximum atomic E-state index is 12.5. The van der Waals surface area contributed by atoms with Crippen LogP contribution in [0, 0.1) is 0 Å². The quantitative estimate of drug-likeness (QED) is 0.857. The van der Waals surface area contributed by atoms with Crippen LogP contribution in [0.15, 0.2) is 59.5 Å². The third kappa shape index (κ3) is 3.83. The second-order valence-corrected chi connectivity index (χ2v) is 7.41. The Kier molecular flexibility index (Phi) is 5.06. The molecule has 1 N–H and O–H groups in total. The van der Waals surface area contributed by atoms with Crippen molar-refractivity contribution in [3.8, 4) is 5.75 Å². The Hall–Kier alpha value is -2.38. The molecule has 0 radical (unpaired) electrons. The van der Waals surface area contributed by atoms with Crippen LogP contribution in [0.3, 0.4) is 0 Å². The van der Waals surface area contributed by atoms with Crippen molar-refractivity contribution in [1.82, 2.24) is 4.72 Å². The molecular formula is C18H20N2O4S. The molecule has 1 aliphatic rings. The van der Waals surface area contributed by atoms with Crippen LogP contribution >= 0.6 is 0 Å². The predicted octanol–water partition coefficient (Wildman–Crippen LogP) is 2.17. The number of amides is 1. The summed E-state index contributed by atoms with van der Waals surface area (Å²) in [5, 5.41) is 0. The van der Waals surface area contributed by atoms with E-state index in [1.54, 1.807) is 17.0 Å². The fourth-order valence-corrected chi connectivity index (χ4v) is 4.01. The molecule has 1 saturated heterocycles. The molecule has 132 valence electrons. The number of carbonyl (C=O) groups excluding carboxylic acids is 1. The van der Waals surface area contributed by atoms with Gasteiger partial charge in [0.1, 0.15) is 11.8 Å². The summed E-state index contributed by atoms with van der Waals surface area (Å²) in [6.07, 6.45) is 0.435. The van der Waals surface area contributed by atoms with Gasteiger partial charge in [-0.15, -0.1) is 0 Å². The molecule has 6 nitrogen and oxygen atoms in total. The first-order valence-electron chi connectivity index (χ1n) is 8.13. The Labute approximate surface area is 147 Å². The molecule has 0 spiro atoms. The molecule has 0 aromatic heterocycles. The number of anilines is 1. The minimum atomic E-state index is -3.77. The van der Waals surface area contributed by atoms with E-state index in [1.165, 1.54) is 12.1 Å². The summed E-state index contributed by atoms with van der Waals surface area (Å²) in [4.78, 5) is 14.2. The lowest BCUT2D eigenvalue weighted by Gasteiger charge is -2.17. The summed E-state index contributed by atoms with van der Waals surface area (Å²) < 4.78 is 32.9. The zero-order valence-electron chi connectivity index (χ0n) is 13.9. The maximum Gasteiger partial charge on any atom is 0.245 e. The Morgan fingerprint density at radius 2 is 1.80 bits per heavy atom. The van der Waals surface area contributed by atoms with Crippen LogP contribution in [0.5, 0.6) is 5.75 Å². The van der Waals surface area contributed by atoms with Crippen molar-refractivity contribution in [1.29, 1.82) is 0 Å². The summed E-state index contributed by atoms with van der Waals surface area (Å²) in [5.41, 5.74) is 0.773. The summed E-state index contributed by atoms with van der Waals surface area (Å²) in [6.45, 7) is 2.85. The van der Waals surface area contributed by atoms with Gasteiger partial charge in [0.2, 0.25) is 15.9 Å². The second kappa shape index (κ2) is 7.25. The fourth-order valence-electron chi connectivity index (χ4n) is 2.79. The van der Waals surface area contributed by atoms with E-state index in [1.807, 2.05) is 37.3 Å². The highest BCUT2D eigenvalue weighted by molar-refractivity contribution is 7.89. The molecule has 0 unspecified atom stereocenters. The van der Waals surface area contributed by atoms with Crippen molar-refractivity contribution in [2.45, 2.75) is 24.3 Å². The highest BCUT2D eigenvalue weighted by Crippen LogP contribution is 2.23. The molecule has 0 aliphatic carbocycles. The lowest BCUT2D eigenvalue weighted by molar-refractivity contribution is -0.118. The number of hydrogen-bond donors (Lipinski definition) is 1. The molecular weight excluding hydrogens is 340 g/mol. The van der Waals surface area contributed by atoms with Crippen LogP contribution in [0.25, 0.3) is 0 Å². The first-order chi connectivity index (χ1) is 12.0. The highest BCUT2D eigenvalue weighted by atomic mass is 32.2. The average Bonchev–Trinajstić information content (AvgIpc) is 2.97. The molecule has 1 fully saturated rings. The Bertz CT molecular complexity index is 835. The minimum absolute atomic E-state index is 0.113. The van der Waals surface area contributed by atoms with Gasteiger partial charge in [-0.25, -0.2) is 8.42 Å². The van der Waals surface area contributed by atoms with Crippen LogP contribution in [0.2, 0.25) is 0 Å². The van der Waals surface area contributed by atoms with E-state index in [4.69, 9.17) is 4.74 Å². The van der Waals surface area contributed by atoms with Crippen LogP contribution in [-0.2, 0) is 14.8 Å².